The fourth-order valence-corrected chi connectivity index (χ4v) is 1.62. The highest BCUT2D eigenvalue weighted by molar-refractivity contribution is 8.00. The van der Waals surface area contributed by atoms with E-state index in [4.69, 9.17) is 16.6 Å². The maximum atomic E-state index is 11.3. The number of carboxylic acid groups (broad SMARTS) is 1. The molecular formula is C10H18N2O5S. The Kier molecular flexibility index (Phi) is 8.34. The van der Waals surface area contributed by atoms with Crippen LogP contribution in [-0.4, -0.2) is 40.2 Å². The van der Waals surface area contributed by atoms with Crippen molar-refractivity contribution in [3.05, 3.63) is 0 Å². The summed E-state index contributed by atoms with van der Waals surface area (Å²) in [7, 11) is 0. The number of carbonyl (C=O) groups excluding carboxylic acids is 2. The molecule has 2 atom stereocenters. The summed E-state index contributed by atoms with van der Waals surface area (Å²) in [6, 6.07) is -1.13. The minimum atomic E-state index is -1.13. The molecule has 0 bridgehead atoms. The van der Waals surface area contributed by atoms with Gasteiger partial charge in [0.1, 0.15) is 6.04 Å². The van der Waals surface area contributed by atoms with Crippen molar-refractivity contribution in [2.45, 2.75) is 37.6 Å². The van der Waals surface area contributed by atoms with Crippen molar-refractivity contribution in [2.24, 2.45) is 11.5 Å². The summed E-state index contributed by atoms with van der Waals surface area (Å²) in [4.78, 5) is 32.9. The number of hydrogen-bond acceptors (Lipinski definition) is 7. The van der Waals surface area contributed by atoms with Crippen molar-refractivity contribution in [1.82, 2.24) is 0 Å². The molecule has 18 heavy (non-hydrogen) atoms. The summed E-state index contributed by atoms with van der Waals surface area (Å²) < 4.78 is 4.46. The first-order chi connectivity index (χ1) is 8.38. The summed E-state index contributed by atoms with van der Waals surface area (Å²) >= 11 is 1.17. The molecule has 0 aliphatic rings. The van der Waals surface area contributed by atoms with Gasteiger partial charge < -0.3 is 21.3 Å². The number of carboxylic acids is 1. The summed E-state index contributed by atoms with van der Waals surface area (Å²) in [6.07, 6.45) is 0.498. The SMILES string of the molecule is CCCSC(N)C(=O)OC(=O)[C@@H](N)CCC(=O)O. The molecule has 0 fully saturated rings. The van der Waals surface area contributed by atoms with Crippen LogP contribution in [0.3, 0.4) is 0 Å². The number of nitrogens with two attached hydrogens (primary N) is 2. The zero-order chi connectivity index (χ0) is 14.1. The molecule has 7 nitrogen and oxygen atoms in total. The van der Waals surface area contributed by atoms with Gasteiger partial charge in [0.25, 0.3) is 0 Å². The first kappa shape index (κ1) is 16.9. The number of thioether (sulfide) groups is 1. The molecule has 0 saturated carbocycles. The van der Waals surface area contributed by atoms with Gasteiger partial charge in [-0.05, 0) is 18.6 Å². The minimum Gasteiger partial charge on any atom is -0.481 e. The molecule has 0 spiro atoms. The number of rotatable bonds is 8. The van der Waals surface area contributed by atoms with E-state index in [1.807, 2.05) is 6.92 Å². The normalized spacial score (nSPS) is 13.7. The number of carbonyl (C=O) groups is 3. The molecule has 0 aromatic carbocycles. The number of hydrogen-bond donors (Lipinski definition) is 3. The lowest BCUT2D eigenvalue weighted by molar-refractivity contribution is -0.160. The van der Waals surface area contributed by atoms with Crippen LogP contribution in [-0.2, 0) is 19.1 Å². The molecule has 0 aliphatic heterocycles. The fourth-order valence-electron chi connectivity index (χ4n) is 0.943. The number of aliphatic carboxylic acids is 1. The molecule has 104 valence electrons. The Balaban J connectivity index is 4.05. The Morgan fingerprint density at radius 1 is 1.28 bits per heavy atom. The smallest absolute Gasteiger partial charge is 0.341 e. The van der Waals surface area contributed by atoms with E-state index in [0.29, 0.717) is 5.75 Å². The largest absolute Gasteiger partial charge is 0.481 e. The Morgan fingerprint density at radius 3 is 2.39 bits per heavy atom. The highest BCUT2D eigenvalue weighted by Gasteiger charge is 2.23. The Bertz CT molecular complexity index is 311. The number of ether oxygens (including phenoxy) is 1. The van der Waals surface area contributed by atoms with Crippen LogP contribution < -0.4 is 11.5 Å². The molecule has 1 unspecified atom stereocenters. The van der Waals surface area contributed by atoms with Crippen LogP contribution in [0, 0.1) is 0 Å². The van der Waals surface area contributed by atoms with Gasteiger partial charge in [-0.25, -0.2) is 9.59 Å². The van der Waals surface area contributed by atoms with Crippen molar-refractivity contribution < 1.29 is 24.2 Å². The quantitative estimate of drug-likeness (QED) is 0.312. The van der Waals surface area contributed by atoms with E-state index in [1.54, 1.807) is 0 Å². The van der Waals surface area contributed by atoms with E-state index >= 15 is 0 Å². The summed E-state index contributed by atoms with van der Waals surface area (Å²) in [5.41, 5.74) is 10.9. The van der Waals surface area contributed by atoms with Gasteiger partial charge in [-0.2, -0.15) is 0 Å². The van der Waals surface area contributed by atoms with Crippen molar-refractivity contribution in [2.75, 3.05) is 5.75 Å². The minimum absolute atomic E-state index is 0.0845. The molecule has 0 amide bonds. The molecule has 5 N–H and O–H groups in total. The van der Waals surface area contributed by atoms with Crippen LogP contribution >= 0.6 is 11.8 Å². The maximum absolute atomic E-state index is 11.3. The Hall–Kier alpha value is -1.12. The second-order valence-electron chi connectivity index (χ2n) is 3.57. The van der Waals surface area contributed by atoms with E-state index in [2.05, 4.69) is 4.74 Å². The lowest BCUT2D eigenvalue weighted by Crippen LogP contribution is -2.38. The molecule has 0 aromatic rings. The van der Waals surface area contributed by atoms with Crippen LogP contribution in [0.25, 0.3) is 0 Å². The fraction of sp³-hybridized carbons (Fsp3) is 0.700. The average molecular weight is 278 g/mol. The first-order valence-corrected chi connectivity index (χ1v) is 6.53. The van der Waals surface area contributed by atoms with E-state index < -0.39 is 29.3 Å². The molecule has 0 rings (SSSR count). The van der Waals surface area contributed by atoms with E-state index in [9.17, 15) is 14.4 Å². The standard InChI is InChI=1S/C10H18N2O5S/c1-2-5-18-8(12)10(16)17-9(15)6(11)3-4-7(13)14/h6,8H,2-5,11-12H2,1H3,(H,13,14)/t6-,8?/m0/s1. The second-order valence-corrected chi connectivity index (χ2v) is 4.82. The molecule has 0 heterocycles. The van der Waals surface area contributed by atoms with E-state index in [0.717, 1.165) is 6.42 Å². The maximum Gasteiger partial charge on any atom is 0.341 e. The van der Waals surface area contributed by atoms with Gasteiger partial charge in [-0.3, -0.25) is 4.79 Å². The number of esters is 2. The highest BCUT2D eigenvalue weighted by Crippen LogP contribution is 2.09. The predicted molar refractivity (Wildman–Crippen MR) is 66.7 cm³/mol. The summed E-state index contributed by atoms with van der Waals surface area (Å²) in [6.45, 7) is 1.93. The Labute approximate surface area is 109 Å². The molecule has 0 saturated heterocycles. The Morgan fingerprint density at radius 2 is 1.89 bits per heavy atom. The van der Waals surface area contributed by atoms with Crippen LogP contribution in [0.4, 0.5) is 0 Å². The van der Waals surface area contributed by atoms with Gasteiger partial charge in [0.15, 0.2) is 5.37 Å². The van der Waals surface area contributed by atoms with Crippen molar-refractivity contribution >= 4 is 29.7 Å². The van der Waals surface area contributed by atoms with Gasteiger partial charge in [-0.15, -0.1) is 11.8 Å². The van der Waals surface area contributed by atoms with Gasteiger partial charge in [-0.1, -0.05) is 6.92 Å². The van der Waals surface area contributed by atoms with Crippen molar-refractivity contribution in [3.8, 4) is 0 Å². The molecular weight excluding hydrogens is 260 g/mol. The second kappa shape index (κ2) is 8.90. The monoisotopic (exact) mass is 278 g/mol. The lowest BCUT2D eigenvalue weighted by Gasteiger charge is -2.12. The van der Waals surface area contributed by atoms with Gasteiger partial charge in [0.2, 0.25) is 0 Å². The summed E-state index contributed by atoms with van der Waals surface area (Å²) in [5.74, 6) is -2.20. The van der Waals surface area contributed by atoms with Crippen LogP contribution in [0.2, 0.25) is 0 Å². The van der Waals surface area contributed by atoms with E-state index in [1.165, 1.54) is 11.8 Å². The van der Waals surface area contributed by atoms with Crippen molar-refractivity contribution in [1.29, 1.82) is 0 Å². The third-order valence-electron chi connectivity index (χ3n) is 1.91. The van der Waals surface area contributed by atoms with Crippen molar-refractivity contribution in [3.63, 3.8) is 0 Å². The molecule has 0 aliphatic carbocycles. The van der Waals surface area contributed by atoms with Crippen LogP contribution in [0.15, 0.2) is 0 Å². The van der Waals surface area contributed by atoms with E-state index in [-0.39, 0.29) is 12.8 Å². The van der Waals surface area contributed by atoms with Gasteiger partial charge in [0, 0.05) is 6.42 Å². The van der Waals surface area contributed by atoms with Gasteiger partial charge in [0.05, 0.1) is 0 Å². The lowest BCUT2D eigenvalue weighted by atomic mass is 10.2. The zero-order valence-corrected chi connectivity index (χ0v) is 10.9. The van der Waals surface area contributed by atoms with Gasteiger partial charge >= 0.3 is 17.9 Å². The molecule has 0 aromatic heterocycles. The third kappa shape index (κ3) is 7.25. The molecule has 0 radical (unpaired) electrons. The topological polar surface area (TPSA) is 133 Å². The zero-order valence-electron chi connectivity index (χ0n) is 10.1. The summed E-state index contributed by atoms with van der Waals surface area (Å²) in [5, 5.41) is 7.48. The predicted octanol–water partition coefficient (Wildman–Crippen LogP) is -0.324. The highest BCUT2D eigenvalue weighted by atomic mass is 32.2. The first-order valence-electron chi connectivity index (χ1n) is 5.48. The molecule has 8 heteroatoms. The third-order valence-corrected chi connectivity index (χ3v) is 3.10. The van der Waals surface area contributed by atoms with Crippen LogP contribution in [0.5, 0.6) is 0 Å². The average Bonchev–Trinajstić information content (AvgIpc) is 2.32. The van der Waals surface area contributed by atoms with Crippen LogP contribution in [0.1, 0.15) is 26.2 Å².